The van der Waals surface area contributed by atoms with Gasteiger partial charge in [-0.25, -0.2) is 0 Å². The molecule has 0 aliphatic carbocycles. The molecule has 0 saturated heterocycles. The van der Waals surface area contributed by atoms with E-state index in [0.29, 0.717) is 5.92 Å². The van der Waals surface area contributed by atoms with Crippen LogP contribution in [0.25, 0.3) is 0 Å². The summed E-state index contributed by atoms with van der Waals surface area (Å²) in [5.41, 5.74) is 0. The van der Waals surface area contributed by atoms with Crippen LogP contribution in [0.15, 0.2) is 0 Å². The van der Waals surface area contributed by atoms with Crippen molar-refractivity contribution in [2.45, 2.75) is 65.2 Å². The van der Waals surface area contributed by atoms with Crippen molar-refractivity contribution in [2.24, 2.45) is 11.8 Å². The van der Waals surface area contributed by atoms with Gasteiger partial charge in [0.2, 0.25) is 0 Å². The second-order valence-electron chi connectivity index (χ2n) is 5.01. The molecule has 18 heavy (non-hydrogen) atoms. The Balaban J connectivity index is 3.83. The van der Waals surface area contributed by atoms with Gasteiger partial charge in [-0.1, -0.05) is 39.5 Å². The van der Waals surface area contributed by atoms with E-state index in [-0.39, 0.29) is 18.8 Å². The molecule has 0 aromatic carbocycles. The zero-order chi connectivity index (χ0) is 14.0. The first kappa shape index (κ1) is 16.9. The molecular formula is C14H26O4. The van der Waals surface area contributed by atoms with Crippen molar-refractivity contribution in [1.29, 1.82) is 0 Å². The normalized spacial score (nSPS) is 14.1. The molecule has 0 rings (SSSR count). The van der Waals surface area contributed by atoms with Gasteiger partial charge in [0.05, 0.1) is 0 Å². The third kappa shape index (κ3) is 9.02. The van der Waals surface area contributed by atoms with Crippen LogP contribution in [0.3, 0.4) is 0 Å². The number of rotatable bonds is 11. The Morgan fingerprint density at radius 3 is 1.89 bits per heavy atom. The van der Waals surface area contributed by atoms with E-state index in [9.17, 15) is 9.59 Å². The Kier molecular flexibility index (Phi) is 9.33. The van der Waals surface area contributed by atoms with Gasteiger partial charge in [0, 0.05) is 12.8 Å². The topological polar surface area (TPSA) is 74.6 Å². The highest BCUT2D eigenvalue weighted by molar-refractivity contribution is 5.67. The minimum atomic E-state index is -0.731. The van der Waals surface area contributed by atoms with Crippen LogP contribution in [-0.2, 0) is 9.59 Å². The Morgan fingerprint density at radius 1 is 0.889 bits per heavy atom. The van der Waals surface area contributed by atoms with Crippen LogP contribution in [0.5, 0.6) is 0 Å². The largest absolute Gasteiger partial charge is 0.481 e. The molecule has 2 atom stereocenters. The Morgan fingerprint density at radius 2 is 1.44 bits per heavy atom. The average molecular weight is 258 g/mol. The van der Waals surface area contributed by atoms with E-state index in [1.807, 2.05) is 6.92 Å². The lowest BCUT2D eigenvalue weighted by Gasteiger charge is -2.16. The van der Waals surface area contributed by atoms with Crippen molar-refractivity contribution in [2.75, 3.05) is 0 Å². The molecule has 106 valence electrons. The summed E-state index contributed by atoms with van der Waals surface area (Å²) in [7, 11) is 0. The molecule has 0 aromatic heterocycles. The summed E-state index contributed by atoms with van der Waals surface area (Å²) in [6.45, 7) is 4.11. The molecule has 0 spiro atoms. The molecule has 0 aliphatic heterocycles. The first-order chi connectivity index (χ1) is 8.49. The molecule has 4 heteroatoms. The monoisotopic (exact) mass is 258 g/mol. The van der Waals surface area contributed by atoms with Gasteiger partial charge in [0.1, 0.15) is 0 Å². The van der Waals surface area contributed by atoms with E-state index in [2.05, 4.69) is 6.92 Å². The maximum atomic E-state index is 10.6. The highest BCUT2D eigenvalue weighted by atomic mass is 16.4. The maximum Gasteiger partial charge on any atom is 0.303 e. The zero-order valence-electron chi connectivity index (χ0n) is 11.5. The highest BCUT2D eigenvalue weighted by Gasteiger charge is 2.13. The van der Waals surface area contributed by atoms with E-state index in [1.165, 1.54) is 0 Å². The van der Waals surface area contributed by atoms with Gasteiger partial charge in [0.15, 0.2) is 0 Å². The number of hydrogen-bond donors (Lipinski definition) is 2. The molecule has 2 unspecified atom stereocenters. The summed E-state index contributed by atoms with van der Waals surface area (Å²) >= 11 is 0. The highest BCUT2D eigenvalue weighted by Crippen LogP contribution is 2.22. The van der Waals surface area contributed by atoms with Crippen molar-refractivity contribution >= 4 is 11.9 Å². The van der Waals surface area contributed by atoms with Crippen molar-refractivity contribution < 1.29 is 19.8 Å². The van der Waals surface area contributed by atoms with Crippen LogP contribution >= 0.6 is 0 Å². The summed E-state index contributed by atoms with van der Waals surface area (Å²) in [5, 5.41) is 17.4. The summed E-state index contributed by atoms with van der Waals surface area (Å²) in [6.07, 6.45) is 6.09. The molecule has 0 fully saturated rings. The predicted octanol–water partition coefficient (Wildman–Crippen LogP) is 3.55. The first-order valence-corrected chi connectivity index (χ1v) is 6.93. The van der Waals surface area contributed by atoms with Crippen LogP contribution in [0.2, 0.25) is 0 Å². The first-order valence-electron chi connectivity index (χ1n) is 6.93. The molecule has 4 nitrogen and oxygen atoms in total. The maximum absolute atomic E-state index is 10.6. The number of carboxylic acids is 2. The number of hydrogen-bond acceptors (Lipinski definition) is 2. The fourth-order valence-corrected chi connectivity index (χ4v) is 2.27. The zero-order valence-corrected chi connectivity index (χ0v) is 11.5. The van der Waals surface area contributed by atoms with E-state index >= 15 is 0 Å². The van der Waals surface area contributed by atoms with Crippen molar-refractivity contribution in [3.8, 4) is 0 Å². The van der Waals surface area contributed by atoms with E-state index < -0.39 is 11.9 Å². The molecule has 0 saturated carbocycles. The fourth-order valence-electron chi connectivity index (χ4n) is 2.27. The van der Waals surface area contributed by atoms with Gasteiger partial charge in [0.25, 0.3) is 0 Å². The quantitative estimate of drug-likeness (QED) is 0.594. The lowest BCUT2D eigenvalue weighted by atomic mass is 9.90. The molecule has 2 N–H and O–H groups in total. The molecule has 0 heterocycles. The lowest BCUT2D eigenvalue weighted by molar-refractivity contribution is -0.139. The molecular weight excluding hydrogens is 232 g/mol. The van der Waals surface area contributed by atoms with Gasteiger partial charge in [-0.3, -0.25) is 9.59 Å². The van der Waals surface area contributed by atoms with Crippen LogP contribution < -0.4 is 0 Å². The summed E-state index contributed by atoms with van der Waals surface area (Å²) in [4.78, 5) is 21.1. The van der Waals surface area contributed by atoms with Gasteiger partial charge >= 0.3 is 11.9 Å². The van der Waals surface area contributed by atoms with Crippen molar-refractivity contribution in [3.63, 3.8) is 0 Å². The van der Waals surface area contributed by atoms with E-state index in [1.54, 1.807) is 0 Å². The van der Waals surface area contributed by atoms with Crippen LogP contribution in [0, 0.1) is 11.8 Å². The van der Waals surface area contributed by atoms with Gasteiger partial charge < -0.3 is 10.2 Å². The second-order valence-corrected chi connectivity index (χ2v) is 5.01. The standard InChI is InChI=1S/C14H26O4/c1-3-11(8-9-13(15)16)6-5-7-12(4-2)10-14(17)18/h11-12H,3-10H2,1-2H3,(H,15,16)(H,17,18). The summed E-state index contributed by atoms with van der Waals surface area (Å²) in [6, 6.07) is 0. The fraction of sp³-hybridized carbons (Fsp3) is 0.857. The Hall–Kier alpha value is -1.06. The number of carboxylic acid groups (broad SMARTS) is 2. The van der Waals surface area contributed by atoms with Gasteiger partial charge in [-0.05, 0) is 24.7 Å². The third-order valence-electron chi connectivity index (χ3n) is 3.61. The van der Waals surface area contributed by atoms with Gasteiger partial charge in [-0.2, -0.15) is 0 Å². The van der Waals surface area contributed by atoms with Crippen LogP contribution in [-0.4, -0.2) is 22.2 Å². The lowest BCUT2D eigenvalue weighted by Crippen LogP contribution is -2.08. The van der Waals surface area contributed by atoms with Crippen molar-refractivity contribution in [3.05, 3.63) is 0 Å². The molecule has 0 aromatic rings. The molecule has 0 aliphatic rings. The summed E-state index contributed by atoms with van der Waals surface area (Å²) in [5.74, 6) is -0.728. The van der Waals surface area contributed by atoms with E-state index in [0.717, 1.165) is 38.5 Å². The number of carbonyl (C=O) groups is 2. The second kappa shape index (κ2) is 9.92. The third-order valence-corrected chi connectivity index (χ3v) is 3.61. The molecule has 0 bridgehead atoms. The predicted molar refractivity (Wildman–Crippen MR) is 70.5 cm³/mol. The van der Waals surface area contributed by atoms with Crippen molar-refractivity contribution in [1.82, 2.24) is 0 Å². The minimum absolute atomic E-state index is 0.241. The smallest absolute Gasteiger partial charge is 0.303 e. The Bertz CT molecular complexity index is 250. The van der Waals surface area contributed by atoms with Crippen LogP contribution in [0.1, 0.15) is 65.2 Å². The summed E-state index contributed by atoms with van der Waals surface area (Å²) < 4.78 is 0. The SMILES string of the molecule is CCC(CCCC(CC)CC(=O)O)CCC(=O)O. The average Bonchev–Trinajstić information content (AvgIpc) is 2.31. The molecule has 0 amide bonds. The molecule has 0 radical (unpaired) electrons. The Labute approximate surface area is 109 Å². The van der Waals surface area contributed by atoms with Crippen LogP contribution in [0.4, 0.5) is 0 Å². The van der Waals surface area contributed by atoms with E-state index in [4.69, 9.17) is 10.2 Å². The minimum Gasteiger partial charge on any atom is -0.481 e. The van der Waals surface area contributed by atoms with Gasteiger partial charge in [-0.15, -0.1) is 0 Å². The number of aliphatic carboxylic acids is 2.